The summed E-state index contributed by atoms with van der Waals surface area (Å²) < 4.78 is 5.78. The SMILES string of the molecule is CCNCc1cc(Cl)ccc1N1CCOC(C)(C)C1. The summed E-state index contributed by atoms with van der Waals surface area (Å²) in [7, 11) is 0. The van der Waals surface area contributed by atoms with Gasteiger partial charge in [-0.3, -0.25) is 0 Å². The Labute approximate surface area is 120 Å². The normalized spacial score (nSPS) is 18.6. The molecule has 1 saturated heterocycles. The number of nitrogens with zero attached hydrogens (tertiary/aromatic N) is 1. The maximum Gasteiger partial charge on any atom is 0.0801 e. The largest absolute Gasteiger partial charge is 0.372 e. The number of hydrogen-bond acceptors (Lipinski definition) is 3. The molecule has 0 bridgehead atoms. The zero-order valence-corrected chi connectivity index (χ0v) is 12.8. The van der Waals surface area contributed by atoms with Gasteiger partial charge in [0.15, 0.2) is 0 Å². The molecule has 1 aliphatic rings. The average molecular weight is 283 g/mol. The minimum atomic E-state index is -0.0899. The summed E-state index contributed by atoms with van der Waals surface area (Å²) in [6, 6.07) is 6.15. The van der Waals surface area contributed by atoms with Crippen LogP contribution in [0, 0.1) is 0 Å². The van der Waals surface area contributed by atoms with E-state index in [2.05, 4.69) is 43.1 Å². The lowest BCUT2D eigenvalue weighted by Gasteiger charge is -2.40. The van der Waals surface area contributed by atoms with Gasteiger partial charge in [0.25, 0.3) is 0 Å². The van der Waals surface area contributed by atoms with Crippen molar-refractivity contribution in [2.24, 2.45) is 0 Å². The minimum absolute atomic E-state index is 0.0899. The van der Waals surface area contributed by atoms with Gasteiger partial charge in [-0.05, 0) is 44.2 Å². The molecule has 1 fully saturated rings. The van der Waals surface area contributed by atoms with Crippen molar-refractivity contribution in [1.29, 1.82) is 0 Å². The van der Waals surface area contributed by atoms with Crippen molar-refractivity contribution in [3.05, 3.63) is 28.8 Å². The second-order valence-corrected chi connectivity index (χ2v) is 6.02. The molecule has 0 atom stereocenters. The van der Waals surface area contributed by atoms with Gasteiger partial charge in [-0.2, -0.15) is 0 Å². The van der Waals surface area contributed by atoms with E-state index in [4.69, 9.17) is 16.3 Å². The lowest BCUT2D eigenvalue weighted by Crippen LogP contribution is -2.48. The van der Waals surface area contributed by atoms with Crippen molar-refractivity contribution < 1.29 is 4.74 Å². The fraction of sp³-hybridized carbons (Fsp3) is 0.600. The van der Waals surface area contributed by atoms with E-state index in [1.54, 1.807) is 0 Å². The fourth-order valence-electron chi connectivity index (χ4n) is 2.49. The van der Waals surface area contributed by atoms with Crippen LogP contribution in [0.15, 0.2) is 18.2 Å². The van der Waals surface area contributed by atoms with Crippen LogP contribution in [0.25, 0.3) is 0 Å². The molecule has 0 radical (unpaired) electrons. The molecule has 0 saturated carbocycles. The smallest absolute Gasteiger partial charge is 0.0801 e. The number of halogens is 1. The van der Waals surface area contributed by atoms with E-state index in [9.17, 15) is 0 Å². The van der Waals surface area contributed by atoms with Crippen LogP contribution in [0.3, 0.4) is 0 Å². The van der Waals surface area contributed by atoms with E-state index in [1.165, 1.54) is 11.3 Å². The van der Waals surface area contributed by atoms with Crippen LogP contribution >= 0.6 is 11.6 Å². The highest BCUT2D eigenvalue weighted by molar-refractivity contribution is 6.30. The lowest BCUT2D eigenvalue weighted by molar-refractivity contribution is -0.0277. The summed E-state index contributed by atoms with van der Waals surface area (Å²) in [5, 5.41) is 4.17. The van der Waals surface area contributed by atoms with Gasteiger partial charge in [0.05, 0.1) is 12.2 Å². The molecule has 3 nitrogen and oxygen atoms in total. The Morgan fingerprint density at radius 1 is 1.42 bits per heavy atom. The van der Waals surface area contributed by atoms with Gasteiger partial charge < -0.3 is 15.0 Å². The Kier molecular flexibility index (Phi) is 4.71. The lowest BCUT2D eigenvalue weighted by atomic mass is 10.0. The van der Waals surface area contributed by atoms with Crippen molar-refractivity contribution in [1.82, 2.24) is 5.32 Å². The van der Waals surface area contributed by atoms with E-state index in [1.807, 2.05) is 6.07 Å². The molecule has 0 aromatic heterocycles. The van der Waals surface area contributed by atoms with E-state index >= 15 is 0 Å². The summed E-state index contributed by atoms with van der Waals surface area (Å²) in [5.41, 5.74) is 2.43. The van der Waals surface area contributed by atoms with Gasteiger partial charge >= 0.3 is 0 Å². The number of ether oxygens (including phenoxy) is 1. The number of nitrogens with one attached hydrogen (secondary N) is 1. The first kappa shape index (κ1) is 14.6. The molecule has 4 heteroatoms. The van der Waals surface area contributed by atoms with Crippen molar-refractivity contribution in [2.45, 2.75) is 32.9 Å². The molecule has 1 aromatic rings. The highest BCUT2D eigenvalue weighted by atomic mass is 35.5. The van der Waals surface area contributed by atoms with Gasteiger partial charge in [-0.25, -0.2) is 0 Å². The Balaban J connectivity index is 2.22. The van der Waals surface area contributed by atoms with Gasteiger partial charge in [0.1, 0.15) is 0 Å². The van der Waals surface area contributed by atoms with Gasteiger partial charge in [-0.15, -0.1) is 0 Å². The third-order valence-corrected chi connectivity index (χ3v) is 3.61. The summed E-state index contributed by atoms with van der Waals surface area (Å²) in [6.07, 6.45) is 0. The van der Waals surface area contributed by atoms with Crippen molar-refractivity contribution in [3.8, 4) is 0 Å². The van der Waals surface area contributed by atoms with Crippen LogP contribution in [0.2, 0.25) is 5.02 Å². The first-order valence-electron chi connectivity index (χ1n) is 6.90. The summed E-state index contributed by atoms with van der Waals surface area (Å²) in [5.74, 6) is 0. The Morgan fingerprint density at radius 2 is 2.21 bits per heavy atom. The summed E-state index contributed by atoms with van der Waals surface area (Å²) >= 11 is 6.12. The number of rotatable bonds is 4. The van der Waals surface area contributed by atoms with Gasteiger partial charge in [-0.1, -0.05) is 18.5 Å². The maximum atomic E-state index is 6.12. The molecular weight excluding hydrogens is 260 g/mol. The molecule has 2 rings (SSSR count). The number of anilines is 1. The van der Waals surface area contributed by atoms with Crippen LogP contribution in [-0.4, -0.2) is 31.8 Å². The average Bonchev–Trinajstić information content (AvgIpc) is 2.35. The van der Waals surface area contributed by atoms with Crippen LogP contribution in [0.5, 0.6) is 0 Å². The first-order valence-corrected chi connectivity index (χ1v) is 7.28. The number of hydrogen-bond donors (Lipinski definition) is 1. The molecule has 0 unspecified atom stereocenters. The molecule has 0 amide bonds. The van der Waals surface area contributed by atoms with Crippen LogP contribution in [-0.2, 0) is 11.3 Å². The first-order chi connectivity index (χ1) is 9.02. The van der Waals surface area contributed by atoms with Crippen molar-refractivity contribution in [3.63, 3.8) is 0 Å². The summed E-state index contributed by atoms with van der Waals surface area (Å²) in [6.45, 7) is 10.8. The highest BCUT2D eigenvalue weighted by Crippen LogP contribution is 2.28. The second kappa shape index (κ2) is 6.12. The number of morpholine rings is 1. The van der Waals surface area contributed by atoms with Crippen molar-refractivity contribution in [2.75, 3.05) is 31.1 Å². The second-order valence-electron chi connectivity index (χ2n) is 5.58. The summed E-state index contributed by atoms with van der Waals surface area (Å²) in [4.78, 5) is 2.40. The highest BCUT2D eigenvalue weighted by Gasteiger charge is 2.28. The Morgan fingerprint density at radius 3 is 2.89 bits per heavy atom. The molecule has 1 N–H and O–H groups in total. The van der Waals surface area contributed by atoms with E-state index in [0.717, 1.165) is 37.8 Å². The van der Waals surface area contributed by atoms with E-state index in [0.29, 0.717) is 0 Å². The van der Waals surface area contributed by atoms with Crippen molar-refractivity contribution >= 4 is 17.3 Å². The molecular formula is C15H23ClN2O. The topological polar surface area (TPSA) is 24.5 Å². The third kappa shape index (κ3) is 3.85. The molecule has 1 heterocycles. The van der Waals surface area contributed by atoms with E-state index in [-0.39, 0.29) is 5.60 Å². The Bertz CT molecular complexity index is 434. The monoisotopic (exact) mass is 282 g/mol. The zero-order chi connectivity index (χ0) is 13.9. The van der Waals surface area contributed by atoms with Crippen LogP contribution < -0.4 is 10.2 Å². The molecule has 106 valence electrons. The minimum Gasteiger partial charge on any atom is -0.372 e. The maximum absolute atomic E-state index is 6.12. The zero-order valence-electron chi connectivity index (χ0n) is 12.0. The molecule has 19 heavy (non-hydrogen) atoms. The predicted octanol–water partition coefficient (Wildman–Crippen LogP) is 3.06. The molecule has 1 aromatic carbocycles. The fourth-order valence-corrected chi connectivity index (χ4v) is 2.68. The molecule has 1 aliphatic heterocycles. The van der Waals surface area contributed by atoms with Gasteiger partial charge in [0.2, 0.25) is 0 Å². The molecule has 0 aliphatic carbocycles. The quantitative estimate of drug-likeness (QED) is 0.919. The van der Waals surface area contributed by atoms with E-state index < -0.39 is 0 Å². The van der Waals surface area contributed by atoms with Gasteiger partial charge in [0, 0.05) is 30.3 Å². The predicted molar refractivity (Wildman–Crippen MR) is 81.1 cm³/mol. The van der Waals surface area contributed by atoms with Crippen LogP contribution in [0.4, 0.5) is 5.69 Å². The third-order valence-electron chi connectivity index (χ3n) is 3.37. The number of benzene rings is 1. The Hall–Kier alpha value is -0.770. The van der Waals surface area contributed by atoms with Crippen LogP contribution in [0.1, 0.15) is 26.3 Å². The molecule has 0 spiro atoms. The standard InChI is InChI=1S/C15H23ClN2O/c1-4-17-10-12-9-13(16)5-6-14(12)18-7-8-19-15(2,3)11-18/h5-6,9,17H,4,7-8,10-11H2,1-3H3.